The van der Waals surface area contributed by atoms with Crippen molar-refractivity contribution in [2.24, 2.45) is 5.92 Å². The summed E-state index contributed by atoms with van der Waals surface area (Å²) in [5.74, 6) is 0.874. The maximum absolute atomic E-state index is 9.12. The number of ether oxygens (including phenoxy) is 1. The van der Waals surface area contributed by atoms with Gasteiger partial charge in [-0.1, -0.05) is 19.8 Å². The van der Waals surface area contributed by atoms with Gasteiger partial charge in [0.2, 0.25) is 11.8 Å². The lowest BCUT2D eigenvalue weighted by Crippen LogP contribution is -2.04. The SMILES string of the molecule is CCCCCOc1nc(N)nc2c1ncn2C=C1C[C@@H]1CO. The Labute approximate surface area is 128 Å². The van der Waals surface area contributed by atoms with Crippen molar-refractivity contribution >= 4 is 23.3 Å². The number of nitrogen functional groups attached to an aromatic ring is 1. The van der Waals surface area contributed by atoms with Crippen LogP contribution in [0.4, 0.5) is 5.95 Å². The Morgan fingerprint density at radius 1 is 1.45 bits per heavy atom. The van der Waals surface area contributed by atoms with Crippen molar-refractivity contribution < 1.29 is 9.84 Å². The monoisotopic (exact) mass is 303 g/mol. The molecule has 0 aromatic carbocycles. The summed E-state index contributed by atoms with van der Waals surface area (Å²) in [4.78, 5) is 12.7. The zero-order valence-electron chi connectivity index (χ0n) is 12.7. The van der Waals surface area contributed by atoms with Gasteiger partial charge in [0.1, 0.15) is 6.33 Å². The van der Waals surface area contributed by atoms with E-state index in [-0.39, 0.29) is 18.5 Å². The lowest BCUT2D eigenvalue weighted by Gasteiger charge is -2.06. The van der Waals surface area contributed by atoms with E-state index < -0.39 is 0 Å². The summed E-state index contributed by atoms with van der Waals surface area (Å²) in [5, 5.41) is 9.12. The van der Waals surface area contributed by atoms with Crippen molar-refractivity contribution in [1.29, 1.82) is 0 Å². The number of nitrogens with two attached hydrogens (primary N) is 1. The molecule has 1 aliphatic rings. The third-order valence-corrected chi connectivity index (χ3v) is 3.77. The highest BCUT2D eigenvalue weighted by atomic mass is 16.5. The molecular weight excluding hydrogens is 282 g/mol. The molecule has 0 radical (unpaired) electrons. The fourth-order valence-corrected chi connectivity index (χ4v) is 2.37. The topological polar surface area (TPSA) is 99.1 Å². The number of aromatic nitrogens is 4. The highest BCUT2D eigenvalue weighted by Crippen LogP contribution is 2.38. The number of imidazole rings is 1. The van der Waals surface area contributed by atoms with Crippen LogP contribution in [0.25, 0.3) is 17.4 Å². The molecular formula is C15H21N5O2. The van der Waals surface area contributed by atoms with Gasteiger partial charge >= 0.3 is 0 Å². The van der Waals surface area contributed by atoms with Crippen molar-refractivity contribution in [3.8, 4) is 5.88 Å². The van der Waals surface area contributed by atoms with E-state index in [1.54, 1.807) is 6.33 Å². The summed E-state index contributed by atoms with van der Waals surface area (Å²) in [6.07, 6.45) is 7.77. The molecule has 1 saturated carbocycles. The Balaban J connectivity index is 1.85. The third-order valence-electron chi connectivity index (χ3n) is 3.77. The number of unbranched alkanes of at least 4 members (excludes halogenated alkanes) is 2. The van der Waals surface area contributed by atoms with E-state index in [9.17, 15) is 0 Å². The van der Waals surface area contributed by atoms with Gasteiger partial charge in [0.25, 0.3) is 0 Å². The highest BCUT2D eigenvalue weighted by Gasteiger charge is 2.29. The van der Waals surface area contributed by atoms with Gasteiger partial charge in [-0.25, -0.2) is 4.98 Å². The van der Waals surface area contributed by atoms with E-state index in [4.69, 9.17) is 15.6 Å². The van der Waals surface area contributed by atoms with Crippen LogP contribution in [-0.4, -0.2) is 37.8 Å². The number of rotatable bonds is 7. The average molecular weight is 303 g/mol. The second-order valence-corrected chi connectivity index (χ2v) is 5.55. The Morgan fingerprint density at radius 2 is 2.32 bits per heavy atom. The molecule has 3 rings (SSSR count). The molecule has 0 aliphatic heterocycles. The molecule has 118 valence electrons. The van der Waals surface area contributed by atoms with Gasteiger partial charge in [-0.2, -0.15) is 9.97 Å². The first-order valence-corrected chi connectivity index (χ1v) is 7.67. The van der Waals surface area contributed by atoms with E-state index in [0.717, 1.165) is 25.7 Å². The molecule has 0 bridgehead atoms. The van der Waals surface area contributed by atoms with E-state index in [1.165, 1.54) is 5.57 Å². The van der Waals surface area contributed by atoms with Crippen LogP contribution in [0.1, 0.15) is 32.6 Å². The summed E-state index contributed by atoms with van der Waals surface area (Å²) >= 11 is 0. The number of nitrogens with zero attached hydrogens (tertiary/aromatic N) is 4. The minimum atomic E-state index is 0.174. The molecule has 2 aromatic rings. The number of aliphatic hydroxyl groups is 1. The number of aliphatic hydroxyl groups excluding tert-OH is 1. The minimum Gasteiger partial charge on any atom is -0.476 e. The molecule has 0 saturated heterocycles. The van der Waals surface area contributed by atoms with Crippen LogP contribution in [0.3, 0.4) is 0 Å². The first kappa shape index (κ1) is 14.8. The van der Waals surface area contributed by atoms with Crippen LogP contribution >= 0.6 is 0 Å². The van der Waals surface area contributed by atoms with E-state index in [1.807, 2.05) is 10.8 Å². The van der Waals surface area contributed by atoms with Crippen LogP contribution in [0.5, 0.6) is 5.88 Å². The molecule has 22 heavy (non-hydrogen) atoms. The molecule has 7 heteroatoms. The predicted molar refractivity (Wildman–Crippen MR) is 84.2 cm³/mol. The Hall–Kier alpha value is -2.15. The zero-order chi connectivity index (χ0) is 15.5. The average Bonchev–Trinajstić information content (AvgIpc) is 3.15. The molecule has 7 nitrogen and oxygen atoms in total. The van der Waals surface area contributed by atoms with Crippen LogP contribution in [0.2, 0.25) is 0 Å². The molecule has 2 aromatic heterocycles. The summed E-state index contributed by atoms with van der Waals surface area (Å²) in [7, 11) is 0. The summed E-state index contributed by atoms with van der Waals surface area (Å²) < 4.78 is 7.53. The van der Waals surface area contributed by atoms with Crippen molar-refractivity contribution in [2.45, 2.75) is 32.6 Å². The molecule has 2 heterocycles. The number of fused-ring (bicyclic) bond motifs is 1. The largest absolute Gasteiger partial charge is 0.476 e. The van der Waals surface area contributed by atoms with E-state index >= 15 is 0 Å². The second kappa shape index (κ2) is 6.31. The van der Waals surface area contributed by atoms with Gasteiger partial charge < -0.3 is 15.6 Å². The standard InChI is InChI=1S/C15H21N5O2/c1-2-3-4-5-22-14-12-13(18-15(16)19-14)20(9-17-12)7-10-6-11(10)8-21/h7,9,11,21H,2-6,8H2,1H3,(H2,16,18,19)/t11-/m1/s1. The van der Waals surface area contributed by atoms with Crippen molar-refractivity contribution in [3.05, 3.63) is 11.9 Å². The first-order valence-electron chi connectivity index (χ1n) is 7.67. The van der Waals surface area contributed by atoms with Crippen LogP contribution < -0.4 is 10.5 Å². The summed E-state index contributed by atoms with van der Waals surface area (Å²) in [6, 6.07) is 0. The van der Waals surface area contributed by atoms with Crippen LogP contribution in [-0.2, 0) is 0 Å². The molecule has 0 amide bonds. The zero-order valence-corrected chi connectivity index (χ0v) is 12.7. The second-order valence-electron chi connectivity index (χ2n) is 5.55. The van der Waals surface area contributed by atoms with Crippen molar-refractivity contribution in [2.75, 3.05) is 18.9 Å². The third kappa shape index (κ3) is 3.04. The van der Waals surface area contributed by atoms with Crippen LogP contribution in [0.15, 0.2) is 11.9 Å². The molecule has 0 unspecified atom stereocenters. The predicted octanol–water partition coefficient (Wildman–Crippen LogP) is 1.83. The molecule has 0 spiro atoms. The molecule has 3 N–H and O–H groups in total. The maximum Gasteiger partial charge on any atom is 0.247 e. The Bertz CT molecular complexity index is 695. The number of anilines is 1. The summed E-state index contributed by atoms with van der Waals surface area (Å²) in [5.41, 5.74) is 8.21. The van der Waals surface area contributed by atoms with E-state index in [2.05, 4.69) is 21.9 Å². The van der Waals surface area contributed by atoms with Gasteiger partial charge in [0.15, 0.2) is 11.2 Å². The molecule has 1 atom stereocenters. The number of hydrogen-bond donors (Lipinski definition) is 2. The lowest BCUT2D eigenvalue weighted by molar-refractivity contribution is 0.281. The van der Waals surface area contributed by atoms with Gasteiger partial charge in [-0.3, -0.25) is 4.57 Å². The normalized spacial score (nSPS) is 19.0. The molecule has 1 fully saturated rings. The summed E-state index contributed by atoms with van der Waals surface area (Å²) in [6.45, 7) is 2.93. The van der Waals surface area contributed by atoms with Crippen molar-refractivity contribution in [1.82, 2.24) is 19.5 Å². The van der Waals surface area contributed by atoms with Gasteiger partial charge in [-0.15, -0.1) is 0 Å². The Kier molecular flexibility index (Phi) is 4.24. The van der Waals surface area contributed by atoms with E-state index in [0.29, 0.717) is 23.7 Å². The van der Waals surface area contributed by atoms with Gasteiger partial charge in [0, 0.05) is 18.7 Å². The molecule has 1 aliphatic carbocycles. The first-order chi connectivity index (χ1) is 10.7. The maximum atomic E-state index is 9.12. The lowest BCUT2D eigenvalue weighted by atomic mass is 10.3. The van der Waals surface area contributed by atoms with Gasteiger partial charge in [0.05, 0.1) is 6.61 Å². The smallest absolute Gasteiger partial charge is 0.247 e. The minimum absolute atomic E-state index is 0.174. The fourth-order valence-electron chi connectivity index (χ4n) is 2.37. The Morgan fingerprint density at radius 3 is 3.05 bits per heavy atom. The van der Waals surface area contributed by atoms with Crippen LogP contribution in [0, 0.1) is 5.92 Å². The fraction of sp³-hybridized carbons (Fsp3) is 0.533. The van der Waals surface area contributed by atoms with Gasteiger partial charge in [-0.05, 0) is 18.4 Å². The quantitative estimate of drug-likeness (QED) is 0.757. The number of hydrogen-bond acceptors (Lipinski definition) is 6. The highest BCUT2D eigenvalue weighted by molar-refractivity contribution is 5.79. The van der Waals surface area contributed by atoms with Crippen molar-refractivity contribution in [3.63, 3.8) is 0 Å².